The van der Waals surface area contributed by atoms with Gasteiger partial charge in [-0.25, -0.2) is 0 Å². The van der Waals surface area contributed by atoms with E-state index in [0.717, 1.165) is 17.1 Å². The van der Waals surface area contributed by atoms with Gasteiger partial charge in [-0.3, -0.25) is 5.41 Å². The maximum absolute atomic E-state index is 7.30. The quantitative estimate of drug-likeness (QED) is 0.673. The zero-order valence-electron chi connectivity index (χ0n) is 7.54. The van der Waals surface area contributed by atoms with Crippen LogP contribution in [0.1, 0.15) is 0 Å². The van der Waals surface area contributed by atoms with Gasteiger partial charge in [-0.1, -0.05) is 18.2 Å². The number of nitrogens with one attached hydrogen (secondary N) is 1. The Labute approximate surface area is 88.3 Å². The lowest BCUT2D eigenvalue weighted by atomic mass is 10.2. The summed E-state index contributed by atoms with van der Waals surface area (Å²) in [7, 11) is 0. The molecule has 0 atom stereocenters. The Hall–Kier alpha value is -1.95. The molecule has 2 heterocycles. The fourth-order valence-electron chi connectivity index (χ4n) is 1.28. The number of aromatic nitrogens is 3. The fourth-order valence-corrected chi connectivity index (χ4v) is 1.84. The summed E-state index contributed by atoms with van der Waals surface area (Å²) in [6, 6.07) is 9.60. The van der Waals surface area contributed by atoms with Gasteiger partial charge in [-0.05, 0) is 12.1 Å². The van der Waals surface area contributed by atoms with E-state index >= 15 is 0 Å². The van der Waals surface area contributed by atoms with Crippen molar-refractivity contribution < 1.29 is 4.42 Å². The molecule has 0 saturated carbocycles. The molecule has 1 aromatic carbocycles. The van der Waals surface area contributed by atoms with Crippen molar-refractivity contribution in [3.63, 3.8) is 0 Å². The van der Waals surface area contributed by atoms with E-state index in [9.17, 15) is 0 Å². The third kappa shape index (κ3) is 1.35. The van der Waals surface area contributed by atoms with Crippen LogP contribution in [0.25, 0.3) is 17.3 Å². The largest absolute Gasteiger partial charge is 0.402 e. The third-order valence-corrected chi connectivity index (χ3v) is 2.60. The number of rotatable bonds is 1. The highest BCUT2D eigenvalue weighted by atomic mass is 32.1. The molecule has 1 N–H and O–H groups in total. The highest BCUT2D eigenvalue weighted by Crippen LogP contribution is 2.18. The average molecular weight is 218 g/mol. The van der Waals surface area contributed by atoms with Crippen LogP contribution in [0.3, 0.4) is 0 Å². The molecule has 0 unspecified atom stereocenters. The molecule has 0 bridgehead atoms. The van der Waals surface area contributed by atoms with Crippen LogP contribution in [0.2, 0.25) is 0 Å². The fraction of sp³-hybridized carbons (Fsp3) is 0. The molecule has 0 saturated heterocycles. The highest BCUT2D eigenvalue weighted by molar-refractivity contribution is 7.03. The molecule has 3 aromatic rings. The first-order chi connectivity index (χ1) is 7.33. The van der Waals surface area contributed by atoms with Gasteiger partial charge in [0.2, 0.25) is 10.7 Å². The molecular weight excluding hydrogens is 212 g/mol. The molecule has 3 rings (SSSR count). The van der Waals surface area contributed by atoms with Gasteiger partial charge in [0.1, 0.15) is 0 Å². The molecule has 5 nitrogen and oxygen atoms in total. The minimum Gasteiger partial charge on any atom is -0.402 e. The van der Waals surface area contributed by atoms with Gasteiger partial charge in [-0.2, -0.15) is 4.98 Å². The summed E-state index contributed by atoms with van der Waals surface area (Å²) in [5.74, 6) is 0.887. The summed E-state index contributed by atoms with van der Waals surface area (Å²) in [5, 5.41) is 11.5. The Bertz CT molecular complexity index is 617. The standard InChI is InChI=1S/C9H6N4OS/c10-8-11-9-13(15-8)12-7(14-9)6-4-2-1-3-5-6/h1-5,10H. The highest BCUT2D eigenvalue weighted by Gasteiger charge is 2.09. The van der Waals surface area contributed by atoms with Gasteiger partial charge < -0.3 is 4.42 Å². The predicted molar refractivity (Wildman–Crippen MR) is 54.4 cm³/mol. The number of fused-ring (bicyclic) bond motifs is 1. The molecule has 0 fully saturated rings. The van der Waals surface area contributed by atoms with E-state index in [1.807, 2.05) is 30.3 Å². The van der Waals surface area contributed by atoms with Crippen LogP contribution in [0, 0.1) is 5.41 Å². The maximum Gasteiger partial charge on any atom is 0.337 e. The maximum atomic E-state index is 7.30. The first-order valence-corrected chi connectivity index (χ1v) is 5.07. The second-order valence-corrected chi connectivity index (χ2v) is 3.85. The molecule has 0 amide bonds. The molecule has 6 heteroatoms. The van der Waals surface area contributed by atoms with E-state index in [4.69, 9.17) is 9.83 Å². The Morgan fingerprint density at radius 1 is 1.27 bits per heavy atom. The lowest BCUT2D eigenvalue weighted by molar-refractivity contribution is 0.604. The minimum atomic E-state index is 0.195. The predicted octanol–water partition coefficient (Wildman–Crippen LogP) is 1.53. The van der Waals surface area contributed by atoms with E-state index in [-0.39, 0.29) is 4.80 Å². The number of benzene rings is 1. The Morgan fingerprint density at radius 2 is 2.07 bits per heavy atom. The normalized spacial score (nSPS) is 10.9. The zero-order valence-corrected chi connectivity index (χ0v) is 8.36. The van der Waals surface area contributed by atoms with E-state index < -0.39 is 0 Å². The third-order valence-electron chi connectivity index (χ3n) is 1.92. The van der Waals surface area contributed by atoms with Gasteiger partial charge in [0.25, 0.3) is 0 Å². The van der Waals surface area contributed by atoms with Crippen molar-refractivity contribution in [2.75, 3.05) is 0 Å². The number of nitrogens with zero attached hydrogens (tertiary/aromatic N) is 3. The van der Waals surface area contributed by atoms with Gasteiger partial charge in [0.05, 0.1) is 0 Å². The van der Waals surface area contributed by atoms with E-state index in [1.54, 1.807) is 0 Å². The smallest absolute Gasteiger partial charge is 0.337 e. The number of hydrogen-bond acceptors (Lipinski definition) is 5. The lowest BCUT2D eigenvalue weighted by Crippen LogP contribution is -1.90. The molecule has 74 valence electrons. The second-order valence-electron chi connectivity index (χ2n) is 2.94. The van der Waals surface area contributed by atoms with Gasteiger partial charge in [0, 0.05) is 17.1 Å². The summed E-state index contributed by atoms with van der Waals surface area (Å²) in [5.41, 5.74) is 0.904. The van der Waals surface area contributed by atoms with Crippen LogP contribution in [0.5, 0.6) is 0 Å². The molecule has 15 heavy (non-hydrogen) atoms. The van der Waals surface area contributed by atoms with Crippen molar-refractivity contribution in [2.45, 2.75) is 0 Å². The summed E-state index contributed by atoms with van der Waals surface area (Å²) < 4.78 is 6.91. The Kier molecular flexibility index (Phi) is 1.69. The van der Waals surface area contributed by atoms with Crippen LogP contribution < -0.4 is 4.80 Å². The van der Waals surface area contributed by atoms with Crippen molar-refractivity contribution in [3.8, 4) is 11.5 Å². The van der Waals surface area contributed by atoms with Gasteiger partial charge in [-0.15, -0.1) is 9.00 Å². The van der Waals surface area contributed by atoms with E-state index in [1.165, 1.54) is 3.90 Å². The summed E-state index contributed by atoms with van der Waals surface area (Å²) in [4.78, 5) is 4.07. The minimum absolute atomic E-state index is 0.195. The zero-order chi connectivity index (χ0) is 10.3. The van der Waals surface area contributed by atoms with Crippen LogP contribution >= 0.6 is 11.5 Å². The van der Waals surface area contributed by atoms with Gasteiger partial charge in [0.15, 0.2) is 0 Å². The lowest BCUT2D eigenvalue weighted by Gasteiger charge is -1.90. The van der Waals surface area contributed by atoms with Crippen LogP contribution in [-0.2, 0) is 0 Å². The van der Waals surface area contributed by atoms with Crippen molar-refractivity contribution in [1.82, 2.24) is 14.0 Å². The van der Waals surface area contributed by atoms with Gasteiger partial charge >= 0.3 is 5.84 Å². The van der Waals surface area contributed by atoms with Crippen LogP contribution in [0.4, 0.5) is 0 Å². The molecule has 0 aliphatic carbocycles. The Morgan fingerprint density at radius 3 is 2.80 bits per heavy atom. The molecule has 0 aliphatic rings. The molecule has 0 radical (unpaired) electrons. The van der Waals surface area contributed by atoms with Crippen molar-refractivity contribution >= 4 is 17.4 Å². The number of hydrogen-bond donors (Lipinski definition) is 1. The summed E-state index contributed by atoms with van der Waals surface area (Å²) >= 11 is 1.13. The van der Waals surface area contributed by atoms with E-state index in [0.29, 0.717) is 11.7 Å². The molecule has 2 aromatic heterocycles. The summed E-state index contributed by atoms with van der Waals surface area (Å²) in [6.07, 6.45) is 0. The molecule has 0 spiro atoms. The topological polar surface area (TPSA) is 67.2 Å². The van der Waals surface area contributed by atoms with E-state index in [2.05, 4.69) is 10.1 Å². The SMILES string of the molecule is N=c1nc2oc(-c3ccccc3)nn2s1. The van der Waals surface area contributed by atoms with Crippen molar-refractivity contribution in [1.29, 1.82) is 5.41 Å². The second kappa shape index (κ2) is 3.03. The summed E-state index contributed by atoms with van der Waals surface area (Å²) in [6.45, 7) is 0. The van der Waals surface area contributed by atoms with Crippen molar-refractivity contribution in [3.05, 3.63) is 35.1 Å². The van der Waals surface area contributed by atoms with Crippen LogP contribution in [0.15, 0.2) is 34.7 Å². The molecule has 0 aliphatic heterocycles. The van der Waals surface area contributed by atoms with Crippen molar-refractivity contribution in [2.24, 2.45) is 0 Å². The van der Waals surface area contributed by atoms with Crippen LogP contribution in [-0.4, -0.2) is 14.0 Å². The first-order valence-electron chi connectivity index (χ1n) is 4.30. The molecular formula is C9H6N4OS. The monoisotopic (exact) mass is 218 g/mol. The Balaban J connectivity index is 2.20. The average Bonchev–Trinajstić information content (AvgIpc) is 2.76. The first kappa shape index (κ1) is 8.37.